The average Bonchev–Trinajstić information content (AvgIpc) is 2.03. The number of aryl methyl sites for hydroxylation is 1. The fourth-order valence-electron chi connectivity index (χ4n) is 1.01. The van der Waals surface area contributed by atoms with Crippen LogP contribution in [0.5, 0.6) is 0 Å². The molecule has 0 atom stereocenters. The van der Waals surface area contributed by atoms with Crippen LogP contribution in [0.2, 0.25) is 0 Å². The quantitative estimate of drug-likeness (QED) is 0.734. The Kier molecular flexibility index (Phi) is 2.56. The fraction of sp³-hybridized carbons (Fsp3) is 0.375. The molecular formula is C8H9F3N2. The van der Waals surface area contributed by atoms with Gasteiger partial charge >= 0.3 is 6.18 Å². The van der Waals surface area contributed by atoms with Crippen LogP contribution in [0.3, 0.4) is 0 Å². The molecule has 2 N–H and O–H groups in total. The molecule has 0 amide bonds. The maximum absolute atomic E-state index is 12.3. The average molecular weight is 190 g/mol. The van der Waals surface area contributed by atoms with Crippen LogP contribution in [0.25, 0.3) is 0 Å². The minimum Gasteiger partial charge on any atom is -0.325 e. The molecule has 1 rings (SSSR count). The molecule has 0 unspecified atom stereocenters. The predicted molar refractivity (Wildman–Crippen MR) is 41.9 cm³/mol. The number of hydrogen-bond acceptors (Lipinski definition) is 2. The third-order valence-corrected chi connectivity index (χ3v) is 1.61. The van der Waals surface area contributed by atoms with Gasteiger partial charge in [-0.1, -0.05) is 0 Å². The molecule has 1 aromatic heterocycles. The van der Waals surface area contributed by atoms with Crippen LogP contribution < -0.4 is 5.73 Å². The Morgan fingerprint density at radius 3 is 2.54 bits per heavy atom. The van der Waals surface area contributed by atoms with E-state index in [1.807, 2.05) is 0 Å². The van der Waals surface area contributed by atoms with Gasteiger partial charge < -0.3 is 5.73 Å². The molecule has 0 saturated carbocycles. The Hall–Kier alpha value is -1.10. The fourth-order valence-corrected chi connectivity index (χ4v) is 1.01. The molecule has 0 saturated heterocycles. The molecule has 0 bridgehead atoms. The molecule has 0 aromatic carbocycles. The summed E-state index contributed by atoms with van der Waals surface area (Å²) in [6.45, 7) is 1.36. The van der Waals surface area contributed by atoms with Gasteiger partial charge in [0.15, 0.2) is 0 Å². The highest BCUT2D eigenvalue weighted by Gasteiger charge is 2.33. The minimum atomic E-state index is -4.37. The van der Waals surface area contributed by atoms with Crippen LogP contribution in [0, 0.1) is 6.92 Å². The third kappa shape index (κ3) is 2.18. The smallest absolute Gasteiger partial charge is 0.325 e. The first-order valence-corrected chi connectivity index (χ1v) is 3.68. The van der Waals surface area contributed by atoms with E-state index in [0.717, 1.165) is 6.07 Å². The monoisotopic (exact) mass is 190 g/mol. The highest BCUT2D eigenvalue weighted by atomic mass is 19.4. The molecule has 0 radical (unpaired) electrons. The lowest BCUT2D eigenvalue weighted by atomic mass is 10.1. The van der Waals surface area contributed by atoms with E-state index < -0.39 is 11.7 Å². The zero-order chi connectivity index (χ0) is 10.1. The number of nitrogens with zero attached hydrogens (tertiary/aromatic N) is 1. The molecule has 5 heteroatoms. The molecule has 0 aliphatic rings. The van der Waals surface area contributed by atoms with Crippen LogP contribution in [-0.4, -0.2) is 4.98 Å². The van der Waals surface area contributed by atoms with Gasteiger partial charge in [0, 0.05) is 12.7 Å². The number of alkyl halides is 3. The summed E-state index contributed by atoms with van der Waals surface area (Å²) in [5.41, 5.74) is 4.76. The Labute approximate surface area is 73.6 Å². The Balaban J connectivity index is 3.24. The maximum Gasteiger partial charge on any atom is 0.418 e. The molecule has 72 valence electrons. The second-order valence-corrected chi connectivity index (χ2v) is 2.71. The van der Waals surface area contributed by atoms with Gasteiger partial charge in [0.2, 0.25) is 0 Å². The number of nitrogens with two attached hydrogens (primary N) is 1. The van der Waals surface area contributed by atoms with Crippen LogP contribution in [0.1, 0.15) is 16.8 Å². The summed E-state index contributed by atoms with van der Waals surface area (Å²) in [4.78, 5) is 3.62. The summed E-state index contributed by atoms with van der Waals surface area (Å²) in [6, 6.07) is 1.05. The number of hydrogen-bond donors (Lipinski definition) is 1. The van der Waals surface area contributed by atoms with Crippen molar-refractivity contribution in [1.29, 1.82) is 0 Å². The number of pyridine rings is 1. The summed E-state index contributed by atoms with van der Waals surface area (Å²) in [7, 11) is 0. The molecule has 0 aliphatic heterocycles. The SMILES string of the molecule is Cc1cnc(CN)c(C(F)(F)F)c1. The normalized spacial score (nSPS) is 11.8. The zero-order valence-electron chi connectivity index (χ0n) is 7.02. The van der Waals surface area contributed by atoms with E-state index >= 15 is 0 Å². The Morgan fingerprint density at radius 2 is 2.08 bits per heavy atom. The van der Waals surface area contributed by atoms with E-state index in [1.165, 1.54) is 6.20 Å². The molecule has 0 aliphatic carbocycles. The largest absolute Gasteiger partial charge is 0.418 e. The van der Waals surface area contributed by atoms with Crippen molar-refractivity contribution in [3.63, 3.8) is 0 Å². The number of rotatable bonds is 1. The van der Waals surface area contributed by atoms with Gasteiger partial charge in [-0.3, -0.25) is 4.98 Å². The molecule has 1 heterocycles. The van der Waals surface area contributed by atoms with E-state index in [-0.39, 0.29) is 12.2 Å². The Morgan fingerprint density at radius 1 is 1.46 bits per heavy atom. The number of aromatic nitrogens is 1. The van der Waals surface area contributed by atoms with E-state index in [2.05, 4.69) is 4.98 Å². The van der Waals surface area contributed by atoms with Crippen molar-refractivity contribution in [1.82, 2.24) is 4.98 Å². The lowest BCUT2D eigenvalue weighted by Crippen LogP contribution is -2.13. The first-order chi connectivity index (χ1) is 5.95. The molecule has 0 spiro atoms. The second kappa shape index (κ2) is 3.33. The summed E-state index contributed by atoms with van der Waals surface area (Å²) in [6.07, 6.45) is -2.99. The maximum atomic E-state index is 12.3. The zero-order valence-corrected chi connectivity index (χ0v) is 7.02. The van der Waals surface area contributed by atoms with Crippen molar-refractivity contribution in [3.05, 3.63) is 29.1 Å². The standard InChI is InChI=1S/C8H9F3N2/c1-5-2-6(8(9,10)11)7(3-12)13-4-5/h2,4H,3,12H2,1H3. The van der Waals surface area contributed by atoms with Gasteiger partial charge in [-0.15, -0.1) is 0 Å². The van der Waals surface area contributed by atoms with E-state index in [4.69, 9.17) is 5.73 Å². The van der Waals surface area contributed by atoms with Gasteiger partial charge in [0.25, 0.3) is 0 Å². The summed E-state index contributed by atoms with van der Waals surface area (Å²) in [5, 5.41) is 0. The first kappa shape index (κ1) is 9.98. The highest BCUT2D eigenvalue weighted by Crippen LogP contribution is 2.31. The van der Waals surface area contributed by atoms with Crippen molar-refractivity contribution in [2.75, 3.05) is 0 Å². The van der Waals surface area contributed by atoms with E-state index in [9.17, 15) is 13.2 Å². The van der Waals surface area contributed by atoms with Crippen molar-refractivity contribution in [3.8, 4) is 0 Å². The van der Waals surface area contributed by atoms with Gasteiger partial charge in [-0.2, -0.15) is 13.2 Å². The molecule has 2 nitrogen and oxygen atoms in total. The molecular weight excluding hydrogens is 181 g/mol. The summed E-state index contributed by atoms with van der Waals surface area (Å²) in [5.74, 6) is 0. The lowest BCUT2D eigenvalue weighted by molar-refractivity contribution is -0.138. The molecule has 1 aromatic rings. The van der Waals surface area contributed by atoms with Crippen LogP contribution in [0.15, 0.2) is 12.3 Å². The van der Waals surface area contributed by atoms with Gasteiger partial charge in [-0.25, -0.2) is 0 Å². The second-order valence-electron chi connectivity index (χ2n) is 2.71. The first-order valence-electron chi connectivity index (χ1n) is 3.68. The van der Waals surface area contributed by atoms with Crippen molar-refractivity contribution >= 4 is 0 Å². The summed E-state index contributed by atoms with van der Waals surface area (Å²) >= 11 is 0. The lowest BCUT2D eigenvalue weighted by Gasteiger charge is -2.10. The van der Waals surface area contributed by atoms with Crippen LogP contribution >= 0.6 is 0 Å². The summed E-state index contributed by atoms with van der Waals surface area (Å²) < 4.78 is 37.0. The predicted octanol–water partition coefficient (Wildman–Crippen LogP) is 1.87. The van der Waals surface area contributed by atoms with Crippen LogP contribution in [-0.2, 0) is 12.7 Å². The molecule has 13 heavy (non-hydrogen) atoms. The van der Waals surface area contributed by atoms with Crippen LogP contribution in [0.4, 0.5) is 13.2 Å². The number of halogens is 3. The van der Waals surface area contributed by atoms with Gasteiger partial charge in [-0.05, 0) is 18.6 Å². The molecule has 0 fully saturated rings. The van der Waals surface area contributed by atoms with Crippen molar-refractivity contribution < 1.29 is 13.2 Å². The van der Waals surface area contributed by atoms with Gasteiger partial charge in [0.05, 0.1) is 11.3 Å². The minimum absolute atomic E-state index is 0.113. The van der Waals surface area contributed by atoms with Gasteiger partial charge in [0.1, 0.15) is 0 Å². The third-order valence-electron chi connectivity index (χ3n) is 1.61. The van der Waals surface area contributed by atoms with E-state index in [1.54, 1.807) is 6.92 Å². The van der Waals surface area contributed by atoms with Crippen molar-refractivity contribution in [2.24, 2.45) is 5.73 Å². The van der Waals surface area contributed by atoms with E-state index in [0.29, 0.717) is 5.56 Å². The Bertz CT molecular complexity index is 307. The van der Waals surface area contributed by atoms with Crippen molar-refractivity contribution in [2.45, 2.75) is 19.6 Å². The topological polar surface area (TPSA) is 38.9 Å². The highest BCUT2D eigenvalue weighted by molar-refractivity contribution is 5.27.